The van der Waals surface area contributed by atoms with Crippen molar-refractivity contribution in [2.24, 2.45) is 0 Å². The van der Waals surface area contributed by atoms with Crippen molar-refractivity contribution in [3.05, 3.63) is 36.5 Å². The lowest BCUT2D eigenvalue weighted by Gasteiger charge is -2.21. The van der Waals surface area contributed by atoms with E-state index < -0.39 is 57.8 Å². The van der Waals surface area contributed by atoms with Crippen molar-refractivity contribution in [3.63, 3.8) is 0 Å². The Labute approximate surface area is 416 Å². The van der Waals surface area contributed by atoms with Crippen molar-refractivity contribution in [2.45, 2.75) is 277 Å². The molecule has 0 amide bonds. The van der Waals surface area contributed by atoms with Gasteiger partial charge in [0.1, 0.15) is 12.7 Å². The molecule has 12 heteroatoms. The third kappa shape index (κ3) is 48.7. The van der Waals surface area contributed by atoms with Gasteiger partial charge in [0.15, 0.2) is 6.10 Å². The van der Waals surface area contributed by atoms with E-state index in [0.29, 0.717) is 19.3 Å². The summed E-state index contributed by atoms with van der Waals surface area (Å²) in [5.41, 5.74) is 0. The maximum Gasteiger partial charge on any atom is 0.472 e. The first-order valence-corrected chi connectivity index (χ1v) is 29.4. The van der Waals surface area contributed by atoms with E-state index in [1.807, 2.05) is 0 Å². The fourth-order valence-corrected chi connectivity index (χ4v) is 8.63. The minimum absolute atomic E-state index is 0.160. The Bertz CT molecular complexity index is 1280. The van der Waals surface area contributed by atoms with Gasteiger partial charge in [0.2, 0.25) is 0 Å². The van der Waals surface area contributed by atoms with Crippen LogP contribution in [0.1, 0.15) is 265 Å². The molecule has 0 aromatic carbocycles. The molecule has 3 atom stereocenters. The smallest absolute Gasteiger partial charge is 0.462 e. The molecule has 68 heavy (non-hydrogen) atoms. The lowest BCUT2D eigenvalue weighted by Crippen LogP contribution is -2.30. The average Bonchev–Trinajstić information content (AvgIpc) is 3.32. The van der Waals surface area contributed by atoms with Gasteiger partial charge in [-0.15, -0.1) is 0 Å². The number of phosphoric ester groups is 1. The summed E-state index contributed by atoms with van der Waals surface area (Å²) in [6.07, 6.45) is 51.1. The predicted molar refractivity (Wildman–Crippen MR) is 279 cm³/mol. The van der Waals surface area contributed by atoms with Crippen molar-refractivity contribution in [1.82, 2.24) is 0 Å². The SMILES string of the molecule is CC/C=C\C/C=C\C/C=C\CCCCCCCCCC(=O)OC(COC(=O)CCCCCCCCCCC)COP(=O)(O)OCC(CO)OC(=O)CCCCCCCCCCCCCCCCC. The molecule has 0 bridgehead atoms. The molecule has 398 valence electrons. The molecule has 0 aliphatic heterocycles. The van der Waals surface area contributed by atoms with Crippen LogP contribution in [0.25, 0.3) is 0 Å². The van der Waals surface area contributed by atoms with Crippen LogP contribution in [0.3, 0.4) is 0 Å². The minimum Gasteiger partial charge on any atom is -0.462 e. The Kier molecular flexibility index (Phi) is 49.3. The number of aliphatic hydroxyl groups excluding tert-OH is 1. The van der Waals surface area contributed by atoms with Gasteiger partial charge in [-0.1, -0.05) is 231 Å². The zero-order valence-corrected chi connectivity index (χ0v) is 44.7. The van der Waals surface area contributed by atoms with Gasteiger partial charge in [-0.25, -0.2) is 4.57 Å². The number of allylic oxidation sites excluding steroid dienone is 6. The van der Waals surface area contributed by atoms with Crippen LogP contribution >= 0.6 is 7.82 Å². The maximum atomic E-state index is 12.9. The first kappa shape index (κ1) is 65.7. The molecule has 0 saturated heterocycles. The number of aliphatic hydroxyl groups is 1. The average molecular weight is 983 g/mol. The van der Waals surface area contributed by atoms with E-state index in [1.54, 1.807) is 0 Å². The van der Waals surface area contributed by atoms with E-state index in [9.17, 15) is 28.9 Å². The van der Waals surface area contributed by atoms with Crippen molar-refractivity contribution >= 4 is 25.7 Å². The molecule has 0 aliphatic rings. The van der Waals surface area contributed by atoms with E-state index in [-0.39, 0.29) is 25.9 Å². The monoisotopic (exact) mass is 983 g/mol. The summed E-state index contributed by atoms with van der Waals surface area (Å²) in [5.74, 6) is -1.46. The molecule has 0 fully saturated rings. The Morgan fingerprint density at radius 2 is 0.765 bits per heavy atom. The summed E-state index contributed by atoms with van der Waals surface area (Å²) in [6.45, 7) is 4.53. The highest BCUT2D eigenvalue weighted by Crippen LogP contribution is 2.43. The fraction of sp³-hybridized carbons (Fsp3) is 0.839. The van der Waals surface area contributed by atoms with Gasteiger partial charge in [0, 0.05) is 19.3 Å². The number of carbonyl (C=O) groups is 3. The molecular formula is C56H103O11P. The van der Waals surface area contributed by atoms with Crippen molar-refractivity contribution in [3.8, 4) is 0 Å². The highest BCUT2D eigenvalue weighted by molar-refractivity contribution is 7.47. The van der Waals surface area contributed by atoms with Crippen LogP contribution in [0.4, 0.5) is 0 Å². The summed E-state index contributed by atoms with van der Waals surface area (Å²) >= 11 is 0. The number of ether oxygens (including phenoxy) is 3. The van der Waals surface area contributed by atoms with Crippen molar-refractivity contribution < 1.29 is 52.2 Å². The van der Waals surface area contributed by atoms with E-state index in [0.717, 1.165) is 89.9 Å². The van der Waals surface area contributed by atoms with Crippen LogP contribution in [0, 0.1) is 0 Å². The summed E-state index contributed by atoms with van der Waals surface area (Å²) in [5, 5.41) is 9.79. The third-order valence-electron chi connectivity index (χ3n) is 12.1. The van der Waals surface area contributed by atoms with Crippen molar-refractivity contribution in [2.75, 3.05) is 26.4 Å². The topological polar surface area (TPSA) is 155 Å². The standard InChI is InChI=1S/C56H103O11P/c1-4-7-10-13-16-19-21-23-25-26-28-30-32-35-38-41-44-47-56(60)67-53(49-63-54(58)45-42-39-36-33-18-15-12-9-6-3)51-65-68(61,62)64-50-52(48-57)66-55(59)46-43-40-37-34-31-29-27-24-22-20-17-14-11-8-5-2/h7,10,16,19,23,25,52-53,57H,4-6,8-9,11-15,17-18,20-22,24,26-51H2,1-3H3,(H,61,62)/b10-7-,19-16-,25-23-. The summed E-state index contributed by atoms with van der Waals surface area (Å²) in [7, 11) is -4.74. The van der Waals surface area contributed by atoms with E-state index in [1.165, 1.54) is 116 Å². The Balaban J connectivity index is 4.63. The lowest BCUT2D eigenvalue weighted by molar-refractivity contribution is -0.161. The summed E-state index contributed by atoms with van der Waals surface area (Å²) in [6, 6.07) is 0. The normalized spacial score (nSPS) is 13.7. The molecule has 0 aromatic heterocycles. The molecule has 0 rings (SSSR count). The number of unbranched alkanes of at least 4 members (excludes halogenated alkanes) is 29. The van der Waals surface area contributed by atoms with Crippen LogP contribution < -0.4 is 0 Å². The Hall–Kier alpha value is -2.30. The van der Waals surface area contributed by atoms with Gasteiger partial charge in [-0.3, -0.25) is 23.4 Å². The van der Waals surface area contributed by atoms with Gasteiger partial charge in [-0.05, 0) is 51.4 Å². The molecule has 0 spiro atoms. The number of hydrogen-bond donors (Lipinski definition) is 2. The summed E-state index contributed by atoms with van der Waals surface area (Å²) in [4.78, 5) is 48.3. The van der Waals surface area contributed by atoms with Gasteiger partial charge in [-0.2, -0.15) is 0 Å². The second kappa shape index (κ2) is 51.1. The fourth-order valence-electron chi connectivity index (χ4n) is 7.84. The molecule has 3 unspecified atom stereocenters. The van der Waals surface area contributed by atoms with E-state index >= 15 is 0 Å². The van der Waals surface area contributed by atoms with Crippen molar-refractivity contribution in [1.29, 1.82) is 0 Å². The van der Waals surface area contributed by atoms with Gasteiger partial charge >= 0.3 is 25.7 Å². The number of rotatable bonds is 52. The highest BCUT2D eigenvalue weighted by atomic mass is 31.2. The molecule has 0 heterocycles. The molecule has 11 nitrogen and oxygen atoms in total. The van der Waals surface area contributed by atoms with Crippen LogP contribution in [-0.4, -0.2) is 66.5 Å². The van der Waals surface area contributed by atoms with Gasteiger partial charge in [0.25, 0.3) is 0 Å². The second-order valence-corrected chi connectivity index (χ2v) is 20.2. The quantitative estimate of drug-likeness (QED) is 0.0197. The Morgan fingerprint density at radius 3 is 1.18 bits per heavy atom. The minimum atomic E-state index is -4.74. The molecule has 2 N–H and O–H groups in total. The van der Waals surface area contributed by atoms with Crippen LogP contribution in [0.5, 0.6) is 0 Å². The number of carbonyl (C=O) groups excluding carboxylic acids is 3. The summed E-state index contributed by atoms with van der Waals surface area (Å²) < 4.78 is 39.4. The zero-order valence-electron chi connectivity index (χ0n) is 43.8. The van der Waals surface area contributed by atoms with Gasteiger partial charge in [0.05, 0.1) is 19.8 Å². The molecular weight excluding hydrogens is 880 g/mol. The maximum absolute atomic E-state index is 12.9. The van der Waals surface area contributed by atoms with Crippen LogP contribution in [-0.2, 0) is 42.2 Å². The second-order valence-electron chi connectivity index (χ2n) is 18.7. The van der Waals surface area contributed by atoms with E-state index in [2.05, 4.69) is 57.2 Å². The largest absolute Gasteiger partial charge is 0.472 e. The Morgan fingerprint density at radius 1 is 0.426 bits per heavy atom. The number of esters is 3. The molecule has 0 aromatic rings. The molecule has 0 aliphatic carbocycles. The molecule has 0 saturated carbocycles. The van der Waals surface area contributed by atoms with E-state index in [4.69, 9.17) is 23.3 Å². The number of hydrogen-bond acceptors (Lipinski definition) is 10. The predicted octanol–water partition coefficient (Wildman–Crippen LogP) is 16.0. The lowest BCUT2D eigenvalue weighted by atomic mass is 10.0. The number of phosphoric acid groups is 1. The highest BCUT2D eigenvalue weighted by Gasteiger charge is 2.28. The first-order valence-electron chi connectivity index (χ1n) is 27.9. The molecule has 0 radical (unpaired) electrons. The van der Waals surface area contributed by atoms with Crippen LogP contribution in [0.15, 0.2) is 36.5 Å². The zero-order chi connectivity index (χ0) is 49.9. The first-order chi connectivity index (χ1) is 33.2. The van der Waals surface area contributed by atoms with Gasteiger partial charge < -0.3 is 24.2 Å². The van der Waals surface area contributed by atoms with Crippen LogP contribution in [0.2, 0.25) is 0 Å². The third-order valence-corrected chi connectivity index (χ3v) is 13.0.